The van der Waals surface area contributed by atoms with Gasteiger partial charge in [0.2, 0.25) is 0 Å². The molecule has 2 atom stereocenters. The van der Waals surface area contributed by atoms with Crippen LogP contribution in [0.3, 0.4) is 0 Å². The molecule has 2 fully saturated rings. The van der Waals surface area contributed by atoms with Crippen LogP contribution in [0.1, 0.15) is 53.7 Å². The number of aliphatic hydroxyl groups is 2. The van der Waals surface area contributed by atoms with E-state index in [-0.39, 0.29) is 17.9 Å². The Kier molecular flexibility index (Phi) is 6.25. The number of hydrogen-bond acceptors (Lipinski definition) is 8. The molecule has 3 aliphatic heterocycles. The summed E-state index contributed by atoms with van der Waals surface area (Å²) in [4.78, 5) is 19.8. The topological polar surface area (TPSA) is 128 Å². The quantitative estimate of drug-likeness (QED) is 0.296. The number of benzene rings is 1. The molecule has 2 aromatic heterocycles. The molecule has 0 bridgehead atoms. The van der Waals surface area contributed by atoms with Crippen LogP contribution in [-0.2, 0) is 19.5 Å². The number of piperidine rings is 1. The number of rotatable bonds is 7. The van der Waals surface area contributed by atoms with Crippen molar-refractivity contribution in [2.24, 2.45) is 5.92 Å². The van der Waals surface area contributed by atoms with Crippen molar-refractivity contribution < 1.29 is 15.0 Å². The highest BCUT2D eigenvalue weighted by Gasteiger charge is 2.33. The molecule has 10 heteroatoms. The monoisotopic (exact) mass is 529 g/mol. The van der Waals surface area contributed by atoms with Crippen molar-refractivity contribution >= 4 is 23.1 Å². The zero-order chi connectivity index (χ0) is 26.5. The number of nitrogens with one attached hydrogen (secondary N) is 3. The second-order valence-corrected chi connectivity index (χ2v) is 11.3. The average Bonchev–Trinajstić information content (AvgIpc) is 3.53. The minimum absolute atomic E-state index is 0.0896. The summed E-state index contributed by atoms with van der Waals surface area (Å²) in [6, 6.07) is 8.46. The van der Waals surface area contributed by atoms with Crippen LogP contribution in [0.25, 0.3) is 11.1 Å². The lowest BCUT2D eigenvalue weighted by molar-refractivity contribution is 0.0513. The molecule has 204 valence electrons. The molecule has 0 radical (unpaired) electrons. The molecule has 1 aromatic carbocycles. The standard InChI is InChI=1S/C29H35N7O3/c37-20-9-11-35(12-10-20)19-4-8-26(30-13-19)34-24-6-5-21(23-14-31-29(39)27(23)24)22-15-32-36-16-17(1-7-25(22)36)28(38)33-18-2-3-18/h4-6,8,13,15,17-18,20,28,33,37-38H,1-3,7,9-12,14,16H2,(H,30,34)(H,31,39). The van der Waals surface area contributed by atoms with Gasteiger partial charge in [0.25, 0.3) is 5.91 Å². The van der Waals surface area contributed by atoms with Gasteiger partial charge in [-0.2, -0.15) is 5.10 Å². The van der Waals surface area contributed by atoms with Gasteiger partial charge in [-0.1, -0.05) is 6.07 Å². The Hall–Kier alpha value is -3.47. The number of nitrogens with zero attached hydrogens (tertiary/aromatic N) is 4. The van der Waals surface area contributed by atoms with Crippen LogP contribution in [0.15, 0.2) is 36.7 Å². The van der Waals surface area contributed by atoms with Gasteiger partial charge in [0.05, 0.1) is 35.4 Å². The molecule has 39 heavy (non-hydrogen) atoms. The van der Waals surface area contributed by atoms with Crippen molar-refractivity contribution in [1.29, 1.82) is 0 Å². The van der Waals surface area contributed by atoms with Gasteiger partial charge in [0.15, 0.2) is 0 Å². The lowest BCUT2D eigenvalue weighted by Gasteiger charge is -2.31. The van der Waals surface area contributed by atoms with E-state index in [0.717, 1.165) is 85.4 Å². The Balaban J connectivity index is 1.11. The summed E-state index contributed by atoms with van der Waals surface area (Å²) in [5, 5.41) is 34.7. The molecule has 1 saturated carbocycles. The Bertz CT molecular complexity index is 1380. The van der Waals surface area contributed by atoms with E-state index in [4.69, 9.17) is 0 Å². The maximum absolute atomic E-state index is 12.9. The van der Waals surface area contributed by atoms with Gasteiger partial charge >= 0.3 is 0 Å². The summed E-state index contributed by atoms with van der Waals surface area (Å²) in [7, 11) is 0. The highest BCUT2D eigenvalue weighted by Crippen LogP contribution is 2.38. The number of aromatic nitrogens is 3. The SMILES string of the molecule is O=C1NCc2c(-c3cnn4c3CCC(C(O)NC3CC3)C4)ccc(Nc3ccc(N4CCC(O)CC4)cn3)c21. The van der Waals surface area contributed by atoms with Gasteiger partial charge in [-0.25, -0.2) is 4.98 Å². The maximum atomic E-state index is 12.9. The van der Waals surface area contributed by atoms with Gasteiger partial charge < -0.3 is 25.7 Å². The Morgan fingerprint density at radius 2 is 1.87 bits per heavy atom. The first-order chi connectivity index (χ1) is 19.0. The van der Waals surface area contributed by atoms with Crippen molar-refractivity contribution in [3.8, 4) is 11.1 Å². The van der Waals surface area contributed by atoms with Crippen LogP contribution in [0.2, 0.25) is 0 Å². The van der Waals surface area contributed by atoms with E-state index in [1.54, 1.807) is 0 Å². The number of carbonyl (C=O) groups excluding carboxylic acids is 1. The number of pyridine rings is 1. The summed E-state index contributed by atoms with van der Waals surface area (Å²) in [6.07, 6.45) is 8.63. The highest BCUT2D eigenvalue weighted by molar-refractivity contribution is 6.06. The zero-order valence-electron chi connectivity index (χ0n) is 21.9. The highest BCUT2D eigenvalue weighted by atomic mass is 16.3. The third-order valence-corrected chi connectivity index (χ3v) is 8.63. The van der Waals surface area contributed by atoms with Gasteiger partial charge in [-0.15, -0.1) is 0 Å². The number of carbonyl (C=O) groups is 1. The summed E-state index contributed by atoms with van der Waals surface area (Å²) in [5.41, 5.74) is 6.65. The van der Waals surface area contributed by atoms with E-state index in [1.807, 2.05) is 35.3 Å². The summed E-state index contributed by atoms with van der Waals surface area (Å²) in [5.74, 6) is 0.734. The van der Waals surface area contributed by atoms with Crippen LogP contribution in [0.4, 0.5) is 17.2 Å². The molecule has 1 saturated heterocycles. The molecule has 0 spiro atoms. The lowest BCUT2D eigenvalue weighted by atomic mass is 9.91. The second-order valence-electron chi connectivity index (χ2n) is 11.3. The van der Waals surface area contributed by atoms with E-state index < -0.39 is 6.23 Å². The largest absolute Gasteiger partial charge is 0.393 e. The minimum atomic E-state index is -0.495. The lowest BCUT2D eigenvalue weighted by Crippen LogP contribution is -2.41. The van der Waals surface area contributed by atoms with Crippen LogP contribution in [0, 0.1) is 5.92 Å². The average molecular weight is 530 g/mol. The van der Waals surface area contributed by atoms with Crippen LogP contribution in [0.5, 0.6) is 0 Å². The van der Waals surface area contributed by atoms with Crippen molar-refractivity contribution in [1.82, 2.24) is 25.4 Å². The van der Waals surface area contributed by atoms with Crippen LogP contribution in [-0.4, -0.2) is 62.3 Å². The van der Waals surface area contributed by atoms with E-state index in [1.165, 1.54) is 0 Å². The third kappa shape index (κ3) is 4.77. The van der Waals surface area contributed by atoms with E-state index >= 15 is 0 Å². The molecule has 4 aliphatic rings. The summed E-state index contributed by atoms with van der Waals surface area (Å²) >= 11 is 0. The fraction of sp³-hybridized carbons (Fsp3) is 0.483. The Morgan fingerprint density at radius 3 is 2.64 bits per heavy atom. The number of amides is 1. The molecule has 7 rings (SSSR count). The van der Waals surface area contributed by atoms with Gasteiger partial charge in [0, 0.05) is 49.4 Å². The van der Waals surface area contributed by atoms with Crippen LogP contribution < -0.4 is 20.9 Å². The van der Waals surface area contributed by atoms with Gasteiger partial charge in [-0.05, 0) is 67.9 Å². The van der Waals surface area contributed by atoms with Crippen molar-refractivity contribution in [3.63, 3.8) is 0 Å². The van der Waals surface area contributed by atoms with Crippen molar-refractivity contribution in [2.75, 3.05) is 23.3 Å². The van der Waals surface area contributed by atoms with E-state index in [0.29, 0.717) is 30.5 Å². The molecule has 5 heterocycles. The summed E-state index contributed by atoms with van der Waals surface area (Å²) in [6.45, 7) is 2.81. The smallest absolute Gasteiger partial charge is 0.254 e. The first-order valence-corrected chi connectivity index (χ1v) is 14.1. The van der Waals surface area contributed by atoms with Gasteiger partial charge in [0.1, 0.15) is 12.0 Å². The molecule has 1 aliphatic carbocycles. The molecule has 10 nitrogen and oxygen atoms in total. The van der Waals surface area contributed by atoms with E-state index in [2.05, 4.69) is 37.0 Å². The molecule has 2 unspecified atom stereocenters. The molecular formula is C29H35N7O3. The zero-order valence-corrected chi connectivity index (χ0v) is 21.9. The molecule has 3 aromatic rings. The molecule has 5 N–H and O–H groups in total. The number of fused-ring (bicyclic) bond motifs is 2. The first kappa shape index (κ1) is 24.6. The normalized spacial score (nSPS) is 21.8. The third-order valence-electron chi connectivity index (χ3n) is 8.63. The van der Waals surface area contributed by atoms with Gasteiger partial charge in [-0.3, -0.25) is 14.8 Å². The predicted molar refractivity (Wildman–Crippen MR) is 148 cm³/mol. The predicted octanol–water partition coefficient (Wildman–Crippen LogP) is 2.53. The first-order valence-electron chi connectivity index (χ1n) is 14.1. The Labute approximate surface area is 227 Å². The summed E-state index contributed by atoms with van der Waals surface area (Å²) < 4.78 is 2.03. The number of hydrogen-bond donors (Lipinski definition) is 5. The molecule has 1 amide bonds. The second kappa shape index (κ2) is 9.93. The minimum Gasteiger partial charge on any atom is -0.393 e. The fourth-order valence-electron chi connectivity index (χ4n) is 6.19. The number of aliphatic hydroxyl groups excluding tert-OH is 2. The molecular weight excluding hydrogens is 494 g/mol. The van der Waals surface area contributed by atoms with Crippen molar-refractivity contribution in [3.05, 3.63) is 53.5 Å². The fourth-order valence-corrected chi connectivity index (χ4v) is 6.19. The van der Waals surface area contributed by atoms with Crippen LogP contribution >= 0.6 is 0 Å². The van der Waals surface area contributed by atoms with E-state index in [9.17, 15) is 15.0 Å². The Morgan fingerprint density at radius 1 is 1.03 bits per heavy atom. The maximum Gasteiger partial charge on any atom is 0.254 e. The number of anilines is 3. The van der Waals surface area contributed by atoms with Crippen molar-refractivity contribution in [2.45, 2.75) is 70.0 Å².